The number of carbonyl (C=O) groups is 1. The maximum absolute atomic E-state index is 13.4. The molecule has 0 radical (unpaired) electrons. The summed E-state index contributed by atoms with van der Waals surface area (Å²) in [6, 6.07) is 7.50. The van der Waals surface area contributed by atoms with Crippen molar-refractivity contribution in [2.24, 2.45) is 0 Å². The van der Waals surface area contributed by atoms with E-state index in [0.29, 0.717) is 69.1 Å². The van der Waals surface area contributed by atoms with E-state index in [4.69, 9.17) is 19.2 Å². The molecule has 0 saturated carbocycles. The fourth-order valence-corrected chi connectivity index (χ4v) is 3.96. The van der Waals surface area contributed by atoms with Crippen molar-refractivity contribution in [1.29, 1.82) is 0 Å². The van der Waals surface area contributed by atoms with Gasteiger partial charge >= 0.3 is 0 Å². The number of nitrogens with zero attached hydrogens (tertiary/aromatic N) is 3. The Bertz CT molecular complexity index is 976. The van der Waals surface area contributed by atoms with Gasteiger partial charge in [-0.05, 0) is 32.5 Å². The third-order valence-electron chi connectivity index (χ3n) is 5.89. The van der Waals surface area contributed by atoms with Crippen LogP contribution in [0, 0.1) is 6.92 Å². The number of aromatic nitrogens is 2. The molecule has 0 bridgehead atoms. The van der Waals surface area contributed by atoms with Gasteiger partial charge in [0.1, 0.15) is 30.0 Å². The average Bonchev–Trinajstić information content (AvgIpc) is 3.38. The van der Waals surface area contributed by atoms with Gasteiger partial charge in [-0.25, -0.2) is 9.97 Å². The van der Waals surface area contributed by atoms with E-state index in [2.05, 4.69) is 15.6 Å². The van der Waals surface area contributed by atoms with Crippen LogP contribution < -0.4 is 15.4 Å². The number of benzene rings is 1. The van der Waals surface area contributed by atoms with Crippen molar-refractivity contribution in [3.8, 4) is 17.1 Å². The molecule has 0 spiro atoms. The Morgan fingerprint density at radius 3 is 2.82 bits per heavy atom. The summed E-state index contributed by atoms with van der Waals surface area (Å²) >= 11 is 0. The Morgan fingerprint density at radius 1 is 1.26 bits per heavy atom. The van der Waals surface area contributed by atoms with Crippen molar-refractivity contribution in [2.45, 2.75) is 25.5 Å². The van der Waals surface area contributed by atoms with E-state index in [1.165, 1.54) is 0 Å². The van der Waals surface area contributed by atoms with Crippen molar-refractivity contribution in [1.82, 2.24) is 20.2 Å². The number of aliphatic hydroxyl groups excluding tert-OH is 1. The van der Waals surface area contributed by atoms with Crippen LogP contribution >= 0.6 is 0 Å². The molecule has 10 nitrogen and oxygen atoms in total. The normalized spacial score (nSPS) is 19.1. The fraction of sp³-hybridized carbons (Fsp3) is 0.542. The number of anilines is 1. The molecule has 2 fully saturated rings. The minimum atomic E-state index is -0.619. The second-order valence-corrected chi connectivity index (χ2v) is 8.53. The number of likely N-dealkylation sites (N-methyl/N-ethyl adjacent to an activating group) is 1. The number of hydrogen-bond donors (Lipinski definition) is 3. The molecule has 2 aliphatic heterocycles. The minimum absolute atomic E-state index is 0.127. The van der Waals surface area contributed by atoms with Crippen LogP contribution in [0.1, 0.15) is 22.5 Å². The summed E-state index contributed by atoms with van der Waals surface area (Å²) in [4.78, 5) is 24.6. The minimum Gasteiger partial charge on any atom is -0.491 e. The predicted molar refractivity (Wildman–Crippen MR) is 127 cm³/mol. The molecule has 10 heteroatoms. The highest BCUT2D eigenvalue weighted by Crippen LogP contribution is 2.27. The molecule has 2 aromatic rings. The lowest BCUT2D eigenvalue weighted by Gasteiger charge is -2.27. The molecule has 3 heterocycles. The lowest BCUT2D eigenvalue weighted by molar-refractivity contribution is 0.0298. The average molecular weight is 472 g/mol. The van der Waals surface area contributed by atoms with Crippen LogP contribution in [0.2, 0.25) is 0 Å². The second-order valence-electron chi connectivity index (χ2n) is 8.53. The predicted octanol–water partition coefficient (Wildman–Crippen LogP) is 1.08. The maximum atomic E-state index is 13.4. The van der Waals surface area contributed by atoms with Crippen LogP contribution in [-0.4, -0.2) is 97.7 Å². The Labute approximate surface area is 199 Å². The van der Waals surface area contributed by atoms with Gasteiger partial charge in [0.2, 0.25) is 0 Å². The lowest BCUT2D eigenvalue weighted by Crippen LogP contribution is -2.41. The van der Waals surface area contributed by atoms with Gasteiger partial charge in [-0.3, -0.25) is 4.79 Å². The van der Waals surface area contributed by atoms with Gasteiger partial charge in [-0.1, -0.05) is 12.1 Å². The van der Waals surface area contributed by atoms with Crippen LogP contribution in [0.5, 0.6) is 5.75 Å². The van der Waals surface area contributed by atoms with Gasteiger partial charge in [0.25, 0.3) is 5.91 Å². The zero-order chi connectivity index (χ0) is 23.9. The molecule has 3 N–H and O–H groups in total. The first kappa shape index (κ1) is 24.3. The van der Waals surface area contributed by atoms with Gasteiger partial charge in [0.05, 0.1) is 25.9 Å². The zero-order valence-electron chi connectivity index (χ0n) is 19.7. The van der Waals surface area contributed by atoms with E-state index >= 15 is 0 Å². The summed E-state index contributed by atoms with van der Waals surface area (Å²) < 4.78 is 16.7. The van der Waals surface area contributed by atoms with Crippen molar-refractivity contribution in [3.63, 3.8) is 0 Å². The quantitative estimate of drug-likeness (QED) is 0.494. The molecule has 2 aliphatic rings. The molecule has 184 valence electrons. The monoisotopic (exact) mass is 471 g/mol. The molecular formula is C24H33N5O5. The number of aliphatic hydroxyl groups is 1. The van der Waals surface area contributed by atoms with Crippen molar-refractivity contribution < 1.29 is 24.1 Å². The highest BCUT2D eigenvalue weighted by Gasteiger charge is 2.26. The molecule has 34 heavy (non-hydrogen) atoms. The van der Waals surface area contributed by atoms with E-state index in [1.54, 1.807) is 11.9 Å². The molecule has 2 unspecified atom stereocenters. The van der Waals surface area contributed by atoms with Gasteiger partial charge in [0.15, 0.2) is 5.82 Å². The van der Waals surface area contributed by atoms with Gasteiger partial charge < -0.3 is 34.9 Å². The van der Waals surface area contributed by atoms with Gasteiger partial charge in [0, 0.05) is 37.4 Å². The smallest absolute Gasteiger partial charge is 0.273 e. The highest BCUT2D eigenvalue weighted by atomic mass is 16.5. The SMILES string of the molecule is CNCC(O)COc1cccc(-c2nc(NC3CCOC3)c(C)c(C(=O)N3CCOCC3)n2)c1. The number of rotatable bonds is 9. The van der Waals surface area contributed by atoms with E-state index < -0.39 is 6.10 Å². The summed E-state index contributed by atoms with van der Waals surface area (Å²) in [6.07, 6.45) is 0.260. The summed E-state index contributed by atoms with van der Waals surface area (Å²) in [5.41, 5.74) is 1.82. The first-order valence-corrected chi connectivity index (χ1v) is 11.7. The largest absolute Gasteiger partial charge is 0.491 e. The lowest BCUT2D eigenvalue weighted by atomic mass is 10.1. The van der Waals surface area contributed by atoms with Gasteiger partial charge in [-0.15, -0.1) is 0 Å². The third kappa shape index (κ3) is 6.01. The number of nitrogens with one attached hydrogen (secondary N) is 2. The van der Waals surface area contributed by atoms with Crippen molar-refractivity contribution >= 4 is 11.7 Å². The van der Waals surface area contributed by atoms with Crippen LogP contribution in [0.3, 0.4) is 0 Å². The molecule has 1 aromatic carbocycles. The van der Waals surface area contributed by atoms with Crippen LogP contribution in [0.25, 0.3) is 11.4 Å². The van der Waals surface area contributed by atoms with E-state index in [0.717, 1.165) is 17.5 Å². The summed E-state index contributed by atoms with van der Waals surface area (Å²) in [6.45, 7) is 5.89. The molecule has 2 saturated heterocycles. The van der Waals surface area contributed by atoms with Crippen LogP contribution in [0.15, 0.2) is 24.3 Å². The molecular weight excluding hydrogens is 438 g/mol. The first-order valence-electron chi connectivity index (χ1n) is 11.7. The summed E-state index contributed by atoms with van der Waals surface area (Å²) in [7, 11) is 1.78. The molecule has 2 atom stereocenters. The number of hydrogen-bond acceptors (Lipinski definition) is 9. The van der Waals surface area contributed by atoms with Crippen molar-refractivity contribution in [2.75, 3.05) is 65.0 Å². The van der Waals surface area contributed by atoms with E-state index in [-0.39, 0.29) is 18.6 Å². The molecule has 1 aromatic heterocycles. The number of morpholine rings is 1. The highest BCUT2D eigenvalue weighted by molar-refractivity contribution is 5.95. The van der Waals surface area contributed by atoms with E-state index in [1.807, 2.05) is 31.2 Å². The standard InChI is InChI=1S/C24H33N5O5/c1-16-21(24(31)29-7-10-32-11-8-29)27-23(28-22(16)26-18-6-9-33-14-18)17-4-3-5-20(12-17)34-15-19(30)13-25-2/h3-5,12,18-19,25,30H,6-11,13-15H2,1-2H3,(H,26,27,28). The topological polar surface area (TPSA) is 118 Å². The molecule has 4 rings (SSSR count). The van der Waals surface area contributed by atoms with Gasteiger partial charge in [-0.2, -0.15) is 0 Å². The fourth-order valence-electron chi connectivity index (χ4n) is 3.96. The molecule has 1 amide bonds. The molecule has 0 aliphatic carbocycles. The Kier molecular flexibility index (Phi) is 8.28. The first-order chi connectivity index (χ1) is 16.5. The van der Waals surface area contributed by atoms with Crippen LogP contribution in [0.4, 0.5) is 5.82 Å². The van der Waals surface area contributed by atoms with Crippen molar-refractivity contribution in [3.05, 3.63) is 35.5 Å². The number of amides is 1. The Hall–Kier alpha value is -2.79. The summed E-state index contributed by atoms with van der Waals surface area (Å²) in [5, 5.41) is 16.3. The Balaban J connectivity index is 1.64. The van der Waals surface area contributed by atoms with Crippen LogP contribution in [-0.2, 0) is 9.47 Å². The van der Waals surface area contributed by atoms with E-state index in [9.17, 15) is 9.90 Å². The zero-order valence-corrected chi connectivity index (χ0v) is 19.7. The Morgan fingerprint density at radius 2 is 2.09 bits per heavy atom. The number of carbonyl (C=O) groups excluding carboxylic acids is 1. The number of ether oxygens (including phenoxy) is 3. The maximum Gasteiger partial charge on any atom is 0.273 e. The summed E-state index contributed by atoms with van der Waals surface area (Å²) in [5.74, 6) is 1.53. The second kappa shape index (κ2) is 11.6. The third-order valence-corrected chi connectivity index (χ3v) is 5.89.